The predicted octanol–water partition coefficient (Wildman–Crippen LogP) is 0.733. The third-order valence-electron chi connectivity index (χ3n) is 3.72. The second-order valence-electron chi connectivity index (χ2n) is 5.99. The molecular weight excluding hydrogens is 436 g/mol. The van der Waals surface area contributed by atoms with Gasteiger partial charge in [-0.3, -0.25) is 15.0 Å². The average Bonchev–Trinajstić information content (AvgIpc) is 2.71. The Labute approximate surface area is 178 Å². The van der Waals surface area contributed by atoms with E-state index in [1.54, 1.807) is 24.3 Å². The van der Waals surface area contributed by atoms with Gasteiger partial charge in [0.15, 0.2) is 5.96 Å². The number of rotatable bonds is 10. The van der Waals surface area contributed by atoms with Gasteiger partial charge in [0.2, 0.25) is 15.9 Å². The zero-order valence-corrected chi connectivity index (χ0v) is 17.2. The Hall–Kier alpha value is -2.93. The maximum Gasteiger partial charge on any atom is 0.261 e. The van der Waals surface area contributed by atoms with Crippen LogP contribution in [-0.2, 0) is 14.8 Å². The molecule has 0 saturated carbocycles. The lowest BCUT2D eigenvalue weighted by Gasteiger charge is -2.16. The van der Waals surface area contributed by atoms with Gasteiger partial charge in [-0.15, -0.1) is 0 Å². The minimum absolute atomic E-state index is 0.0492. The van der Waals surface area contributed by atoms with Gasteiger partial charge in [-0.1, -0.05) is 11.6 Å². The fraction of sp³-hybridized carbons (Fsp3) is 0.235. The van der Waals surface area contributed by atoms with E-state index in [1.165, 1.54) is 17.6 Å². The van der Waals surface area contributed by atoms with Crippen molar-refractivity contribution in [3.05, 3.63) is 47.6 Å². The molecule has 1 aromatic heterocycles. The molecule has 0 unspecified atom stereocenters. The van der Waals surface area contributed by atoms with Crippen LogP contribution in [0.5, 0.6) is 11.6 Å². The minimum atomic E-state index is -4.11. The molecule has 1 amide bonds. The number of nitrogens with zero attached hydrogens (tertiary/aromatic N) is 2. The fourth-order valence-electron chi connectivity index (χ4n) is 2.29. The summed E-state index contributed by atoms with van der Waals surface area (Å²) in [4.78, 5) is 19.3. The predicted molar refractivity (Wildman–Crippen MR) is 110 cm³/mol. The van der Waals surface area contributed by atoms with Gasteiger partial charge < -0.3 is 16.2 Å². The number of benzene rings is 1. The molecule has 2 aromatic rings. The molecule has 0 fully saturated rings. The van der Waals surface area contributed by atoms with Gasteiger partial charge in [-0.2, -0.15) is 4.72 Å². The molecule has 0 radical (unpaired) electrons. The van der Waals surface area contributed by atoms with Crippen molar-refractivity contribution in [3.8, 4) is 11.6 Å². The van der Waals surface area contributed by atoms with Crippen molar-refractivity contribution in [2.24, 2.45) is 16.5 Å². The van der Waals surface area contributed by atoms with E-state index in [0.717, 1.165) is 6.20 Å². The lowest BCUT2D eigenvalue weighted by Crippen LogP contribution is -2.45. The van der Waals surface area contributed by atoms with E-state index in [0.29, 0.717) is 17.2 Å². The van der Waals surface area contributed by atoms with Crippen molar-refractivity contribution in [2.45, 2.75) is 23.8 Å². The highest BCUT2D eigenvalue weighted by Crippen LogP contribution is 2.22. The normalized spacial score (nSPS) is 12.1. The molecule has 0 aliphatic rings. The number of guanidine groups is 1. The molecule has 1 heterocycles. The molecule has 0 saturated heterocycles. The van der Waals surface area contributed by atoms with Gasteiger partial charge in [0.05, 0.1) is 6.20 Å². The van der Waals surface area contributed by atoms with E-state index >= 15 is 0 Å². The number of hydroxylamine groups is 1. The monoisotopic (exact) mass is 456 g/mol. The van der Waals surface area contributed by atoms with Gasteiger partial charge in [0.1, 0.15) is 16.7 Å². The third kappa shape index (κ3) is 7.15. The van der Waals surface area contributed by atoms with Crippen molar-refractivity contribution in [1.82, 2.24) is 15.2 Å². The van der Waals surface area contributed by atoms with Crippen LogP contribution in [0.4, 0.5) is 0 Å². The Balaban J connectivity index is 2.06. The standard InChI is InChI=1S/C17H21ClN6O5S/c18-11-3-5-12(6-4-11)29-15-8-7-13(10-22-15)30(27,28)24-14(16(25)23-26)2-1-9-21-17(19)20/h3-8,10,14,24,26H,1-2,9H2,(H,23,25)(H4,19,20,21)/t14-/m1/s1. The second-order valence-corrected chi connectivity index (χ2v) is 8.14. The summed E-state index contributed by atoms with van der Waals surface area (Å²) in [6.45, 7) is 0.192. The SMILES string of the molecule is NC(N)=NCCC[C@@H](NS(=O)(=O)c1ccc(Oc2ccc(Cl)cc2)nc1)C(=O)NO. The lowest BCUT2D eigenvalue weighted by molar-refractivity contribution is -0.131. The van der Waals surface area contributed by atoms with Crippen LogP contribution in [0.3, 0.4) is 0 Å². The fourth-order valence-corrected chi connectivity index (χ4v) is 3.59. The first-order chi connectivity index (χ1) is 14.2. The van der Waals surface area contributed by atoms with Crippen molar-refractivity contribution < 1.29 is 23.2 Å². The van der Waals surface area contributed by atoms with Crippen LogP contribution in [0.2, 0.25) is 5.02 Å². The molecule has 1 atom stereocenters. The molecule has 30 heavy (non-hydrogen) atoms. The number of sulfonamides is 1. The Morgan fingerprint density at radius 2 is 1.93 bits per heavy atom. The zero-order chi connectivity index (χ0) is 22.1. The van der Waals surface area contributed by atoms with E-state index < -0.39 is 22.0 Å². The van der Waals surface area contributed by atoms with Crippen molar-refractivity contribution >= 4 is 33.5 Å². The smallest absolute Gasteiger partial charge is 0.261 e. The maximum absolute atomic E-state index is 12.6. The van der Waals surface area contributed by atoms with Crippen LogP contribution in [0.25, 0.3) is 0 Å². The number of amides is 1. The molecule has 0 aliphatic carbocycles. The highest BCUT2D eigenvalue weighted by molar-refractivity contribution is 7.89. The molecule has 0 aliphatic heterocycles. The number of nitrogens with one attached hydrogen (secondary N) is 2. The number of aliphatic imine (C=N–C) groups is 1. The second kappa shape index (κ2) is 10.7. The van der Waals surface area contributed by atoms with Crippen LogP contribution in [0.1, 0.15) is 12.8 Å². The first kappa shape index (κ1) is 23.3. The van der Waals surface area contributed by atoms with E-state index in [-0.39, 0.29) is 29.7 Å². The number of hydrogen-bond acceptors (Lipinski definition) is 7. The Morgan fingerprint density at radius 1 is 1.23 bits per heavy atom. The Bertz CT molecular complexity index is 979. The van der Waals surface area contributed by atoms with Crippen molar-refractivity contribution in [3.63, 3.8) is 0 Å². The van der Waals surface area contributed by atoms with Crippen LogP contribution < -0.4 is 26.4 Å². The van der Waals surface area contributed by atoms with Gasteiger partial charge in [0, 0.05) is 17.6 Å². The van der Waals surface area contributed by atoms with Gasteiger partial charge in [0.25, 0.3) is 5.91 Å². The summed E-state index contributed by atoms with van der Waals surface area (Å²) in [6, 6.07) is 7.95. The topological polar surface area (TPSA) is 182 Å². The molecule has 0 bridgehead atoms. The third-order valence-corrected chi connectivity index (χ3v) is 5.43. The van der Waals surface area contributed by atoms with Crippen LogP contribution in [0, 0.1) is 0 Å². The summed E-state index contributed by atoms with van der Waals surface area (Å²) in [7, 11) is -4.11. The Morgan fingerprint density at radius 3 is 2.50 bits per heavy atom. The number of aromatic nitrogens is 1. The number of halogens is 1. The van der Waals surface area contributed by atoms with Crippen LogP contribution in [0.15, 0.2) is 52.5 Å². The molecule has 11 nitrogen and oxygen atoms in total. The lowest BCUT2D eigenvalue weighted by atomic mass is 10.1. The van der Waals surface area contributed by atoms with Gasteiger partial charge in [-0.05, 0) is 43.2 Å². The van der Waals surface area contributed by atoms with Crippen LogP contribution in [-0.4, -0.2) is 43.1 Å². The van der Waals surface area contributed by atoms with Gasteiger partial charge in [-0.25, -0.2) is 18.9 Å². The summed E-state index contributed by atoms with van der Waals surface area (Å²) in [5, 5.41) is 9.42. The Kier molecular flexibility index (Phi) is 8.35. The first-order valence-electron chi connectivity index (χ1n) is 8.62. The van der Waals surface area contributed by atoms with Gasteiger partial charge >= 0.3 is 0 Å². The molecule has 7 N–H and O–H groups in total. The molecule has 2 rings (SSSR count). The maximum atomic E-state index is 12.6. The van der Waals surface area contributed by atoms with Crippen molar-refractivity contribution in [2.75, 3.05) is 6.54 Å². The average molecular weight is 457 g/mol. The molecule has 1 aromatic carbocycles. The zero-order valence-electron chi connectivity index (χ0n) is 15.7. The molecule has 162 valence electrons. The number of ether oxygens (including phenoxy) is 1. The molecule has 0 spiro atoms. The summed E-state index contributed by atoms with van der Waals surface area (Å²) >= 11 is 5.81. The van der Waals surface area contributed by atoms with Crippen LogP contribution >= 0.6 is 11.6 Å². The number of nitrogens with two attached hydrogens (primary N) is 2. The van der Waals surface area contributed by atoms with Crippen molar-refractivity contribution in [1.29, 1.82) is 0 Å². The summed E-state index contributed by atoms with van der Waals surface area (Å²) < 4.78 is 32.9. The van der Waals surface area contributed by atoms with E-state index in [2.05, 4.69) is 14.7 Å². The summed E-state index contributed by atoms with van der Waals surface area (Å²) in [6.07, 6.45) is 1.43. The largest absolute Gasteiger partial charge is 0.439 e. The number of carbonyl (C=O) groups is 1. The highest BCUT2D eigenvalue weighted by Gasteiger charge is 2.25. The number of pyridine rings is 1. The molecular formula is C17H21ClN6O5S. The quantitative estimate of drug-likeness (QED) is 0.114. The van der Waals surface area contributed by atoms with E-state index in [4.69, 9.17) is 33.0 Å². The first-order valence-corrected chi connectivity index (χ1v) is 10.5. The van der Waals surface area contributed by atoms with E-state index in [9.17, 15) is 13.2 Å². The molecule has 13 heteroatoms. The summed E-state index contributed by atoms with van der Waals surface area (Å²) in [5.74, 6) is -0.399. The van der Waals surface area contributed by atoms with E-state index in [1.807, 2.05) is 0 Å². The summed E-state index contributed by atoms with van der Waals surface area (Å²) in [5.41, 5.74) is 11.9. The minimum Gasteiger partial charge on any atom is -0.439 e. The number of hydrogen-bond donors (Lipinski definition) is 5. The number of carbonyl (C=O) groups excluding carboxylic acids is 1. The highest BCUT2D eigenvalue weighted by atomic mass is 35.5.